The van der Waals surface area contributed by atoms with E-state index in [0.717, 1.165) is 28.0 Å². The van der Waals surface area contributed by atoms with E-state index < -0.39 is 0 Å². The lowest BCUT2D eigenvalue weighted by molar-refractivity contribution is 0.0946. The monoisotopic (exact) mass is 396 g/mol. The summed E-state index contributed by atoms with van der Waals surface area (Å²) in [7, 11) is 0. The predicted octanol–water partition coefficient (Wildman–Crippen LogP) is 4.86. The van der Waals surface area contributed by atoms with Crippen molar-refractivity contribution in [1.82, 2.24) is 20.3 Å². The van der Waals surface area contributed by atoms with E-state index in [-0.39, 0.29) is 21.8 Å². The van der Waals surface area contributed by atoms with Crippen LogP contribution in [0.2, 0.25) is 10.2 Å². The van der Waals surface area contributed by atoms with Crippen molar-refractivity contribution in [2.75, 3.05) is 0 Å². The number of imidazole rings is 1. The largest absolute Gasteiger partial charge is 0.347 e. The number of fused-ring (bicyclic) bond motifs is 1. The van der Waals surface area contributed by atoms with Crippen LogP contribution in [0.1, 0.15) is 16.1 Å². The lowest BCUT2D eigenvalue weighted by Crippen LogP contribution is -2.24. The zero-order valence-electron chi connectivity index (χ0n) is 14.0. The lowest BCUT2D eigenvalue weighted by Gasteiger charge is -2.07. The molecule has 0 unspecified atom stereocenters. The van der Waals surface area contributed by atoms with Crippen molar-refractivity contribution in [1.29, 1.82) is 0 Å². The van der Waals surface area contributed by atoms with Crippen molar-refractivity contribution < 1.29 is 4.79 Å². The van der Waals surface area contributed by atoms with Crippen molar-refractivity contribution >= 4 is 40.1 Å². The van der Waals surface area contributed by atoms with Crippen LogP contribution in [0.15, 0.2) is 60.7 Å². The Hall–Kier alpha value is -2.89. The summed E-state index contributed by atoms with van der Waals surface area (Å²) >= 11 is 11.8. The second-order valence-corrected chi connectivity index (χ2v) is 6.74. The number of hydrogen-bond donors (Lipinski definition) is 2. The number of aromatic nitrogens is 3. The first-order chi connectivity index (χ1) is 13.1. The van der Waals surface area contributed by atoms with Crippen LogP contribution < -0.4 is 5.32 Å². The molecule has 2 heterocycles. The van der Waals surface area contributed by atoms with Gasteiger partial charge in [0.25, 0.3) is 5.91 Å². The number of carbonyl (C=O) groups excluding carboxylic acids is 1. The highest BCUT2D eigenvalue weighted by atomic mass is 35.5. The molecule has 0 saturated carbocycles. The highest BCUT2D eigenvalue weighted by Crippen LogP contribution is 2.21. The van der Waals surface area contributed by atoms with E-state index >= 15 is 0 Å². The Balaban J connectivity index is 1.46. The minimum absolute atomic E-state index is 0.114. The smallest absolute Gasteiger partial charge is 0.271 e. The molecule has 2 aromatic carbocycles. The Morgan fingerprint density at radius 2 is 1.74 bits per heavy atom. The van der Waals surface area contributed by atoms with Gasteiger partial charge in [-0.25, -0.2) is 9.97 Å². The first kappa shape index (κ1) is 17.5. The second-order valence-electron chi connectivity index (χ2n) is 5.95. The molecule has 4 rings (SSSR count). The first-order valence-corrected chi connectivity index (χ1v) is 9.00. The molecule has 0 saturated heterocycles. The second kappa shape index (κ2) is 7.39. The molecule has 0 fully saturated rings. The number of halogens is 2. The number of aromatic amines is 1. The van der Waals surface area contributed by atoms with Gasteiger partial charge in [0.15, 0.2) is 0 Å². The molecule has 134 valence electrons. The number of benzene rings is 2. The molecule has 0 radical (unpaired) electrons. The van der Waals surface area contributed by atoms with Gasteiger partial charge in [-0.15, -0.1) is 0 Å². The van der Waals surface area contributed by atoms with E-state index in [1.165, 1.54) is 6.07 Å². The number of carbonyl (C=O) groups is 1. The highest BCUT2D eigenvalue weighted by Gasteiger charge is 2.12. The molecule has 5 nitrogen and oxygen atoms in total. The van der Waals surface area contributed by atoms with Crippen LogP contribution in [0.3, 0.4) is 0 Å². The van der Waals surface area contributed by atoms with Crippen LogP contribution >= 0.6 is 23.2 Å². The van der Waals surface area contributed by atoms with Gasteiger partial charge in [-0.05, 0) is 29.8 Å². The normalized spacial score (nSPS) is 10.9. The Morgan fingerprint density at radius 1 is 0.963 bits per heavy atom. The van der Waals surface area contributed by atoms with E-state index in [0.29, 0.717) is 6.54 Å². The van der Waals surface area contributed by atoms with E-state index in [9.17, 15) is 4.79 Å². The van der Waals surface area contributed by atoms with Crippen LogP contribution in [-0.2, 0) is 6.54 Å². The average Bonchev–Trinajstić information content (AvgIpc) is 3.12. The zero-order chi connectivity index (χ0) is 18.8. The molecule has 0 atom stereocenters. The molecular formula is C20H14Cl2N4O. The molecule has 2 aromatic heterocycles. The van der Waals surface area contributed by atoms with E-state index in [1.54, 1.807) is 6.07 Å². The fourth-order valence-corrected chi connectivity index (χ4v) is 3.05. The third-order valence-corrected chi connectivity index (χ3v) is 4.61. The van der Waals surface area contributed by atoms with Crippen molar-refractivity contribution in [3.05, 3.63) is 82.1 Å². The van der Waals surface area contributed by atoms with Crippen LogP contribution in [-0.4, -0.2) is 20.9 Å². The van der Waals surface area contributed by atoms with Gasteiger partial charge in [-0.3, -0.25) is 4.79 Å². The van der Waals surface area contributed by atoms with Crippen LogP contribution in [0, 0.1) is 0 Å². The van der Waals surface area contributed by atoms with Crippen molar-refractivity contribution in [3.8, 4) is 11.4 Å². The first-order valence-electron chi connectivity index (χ1n) is 8.24. The number of nitrogens with zero attached hydrogens (tertiary/aromatic N) is 2. The predicted molar refractivity (Wildman–Crippen MR) is 107 cm³/mol. The van der Waals surface area contributed by atoms with Gasteiger partial charge in [0.1, 0.15) is 16.7 Å². The maximum Gasteiger partial charge on any atom is 0.271 e. The molecule has 0 aliphatic heterocycles. The van der Waals surface area contributed by atoms with Crippen molar-refractivity contribution in [3.63, 3.8) is 0 Å². The maximum absolute atomic E-state index is 12.2. The van der Waals surface area contributed by atoms with Crippen LogP contribution in [0.5, 0.6) is 0 Å². The van der Waals surface area contributed by atoms with Gasteiger partial charge < -0.3 is 10.3 Å². The fraction of sp³-hybridized carbons (Fsp3) is 0.0500. The summed E-state index contributed by atoms with van der Waals surface area (Å²) in [6.45, 7) is 0.351. The number of nitrogens with one attached hydrogen (secondary N) is 2. The minimum atomic E-state index is -0.371. The van der Waals surface area contributed by atoms with Gasteiger partial charge in [0.2, 0.25) is 0 Å². The standard InChI is InChI=1S/C20H14Cl2N4O/c21-14-9-10-17(22)26-18(14)20(27)23-11-12-5-7-13(8-6-12)19-24-15-3-1-2-4-16(15)25-19/h1-10H,11H2,(H,23,27)(H,24,25). The van der Waals surface area contributed by atoms with Crippen LogP contribution in [0.4, 0.5) is 0 Å². The summed E-state index contributed by atoms with van der Waals surface area (Å²) in [5.74, 6) is 0.436. The summed E-state index contributed by atoms with van der Waals surface area (Å²) in [4.78, 5) is 24.1. The molecule has 1 amide bonds. The third-order valence-electron chi connectivity index (χ3n) is 4.10. The SMILES string of the molecule is O=C(NCc1ccc(-c2nc3ccccc3[nH]2)cc1)c1nc(Cl)ccc1Cl. The average molecular weight is 397 g/mol. The number of para-hydroxylation sites is 2. The number of rotatable bonds is 4. The van der Waals surface area contributed by atoms with E-state index in [2.05, 4.69) is 20.3 Å². The van der Waals surface area contributed by atoms with Gasteiger partial charge in [-0.2, -0.15) is 0 Å². The molecule has 0 bridgehead atoms. The number of amides is 1. The summed E-state index contributed by atoms with van der Waals surface area (Å²) in [5.41, 5.74) is 3.95. The number of H-pyrrole nitrogens is 1. The summed E-state index contributed by atoms with van der Waals surface area (Å²) in [5, 5.41) is 3.28. The third kappa shape index (κ3) is 3.79. The summed E-state index contributed by atoms with van der Waals surface area (Å²) in [6.07, 6.45) is 0. The fourth-order valence-electron chi connectivity index (χ4n) is 2.71. The molecule has 0 aliphatic carbocycles. The van der Waals surface area contributed by atoms with Crippen molar-refractivity contribution in [2.24, 2.45) is 0 Å². The Morgan fingerprint density at radius 3 is 2.52 bits per heavy atom. The summed E-state index contributed by atoms with van der Waals surface area (Å²) < 4.78 is 0. The van der Waals surface area contributed by atoms with E-state index in [1.807, 2.05) is 48.5 Å². The Kier molecular flexibility index (Phi) is 4.79. The van der Waals surface area contributed by atoms with Gasteiger partial charge in [0.05, 0.1) is 16.1 Å². The minimum Gasteiger partial charge on any atom is -0.347 e. The molecule has 0 spiro atoms. The molecule has 4 aromatic rings. The van der Waals surface area contributed by atoms with Gasteiger partial charge in [0, 0.05) is 12.1 Å². The van der Waals surface area contributed by atoms with Crippen LogP contribution in [0.25, 0.3) is 22.4 Å². The van der Waals surface area contributed by atoms with Gasteiger partial charge in [-0.1, -0.05) is 59.6 Å². The van der Waals surface area contributed by atoms with Crippen molar-refractivity contribution in [2.45, 2.75) is 6.54 Å². The van der Waals surface area contributed by atoms with E-state index in [4.69, 9.17) is 23.2 Å². The molecule has 2 N–H and O–H groups in total. The maximum atomic E-state index is 12.2. The molecule has 27 heavy (non-hydrogen) atoms. The zero-order valence-corrected chi connectivity index (χ0v) is 15.6. The summed E-state index contributed by atoms with van der Waals surface area (Å²) in [6, 6.07) is 18.8. The highest BCUT2D eigenvalue weighted by molar-refractivity contribution is 6.34. The quantitative estimate of drug-likeness (QED) is 0.483. The lowest BCUT2D eigenvalue weighted by atomic mass is 10.1. The van der Waals surface area contributed by atoms with Gasteiger partial charge >= 0.3 is 0 Å². The number of pyridine rings is 1. The Labute approximate surface area is 165 Å². The Bertz CT molecular complexity index is 1090. The topological polar surface area (TPSA) is 70.7 Å². The molecule has 0 aliphatic rings. The molecular weight excluding hydrogens is 383 g/mol. The molecule has 7 heteroatoms. The number of hydrogen-bond acceptors (Lipinski definition) is 3.